The van der Waals surface area contributed by atoms with E-state index in [1.54, 1.807) is 63.4 Å². The molecule has 0 atom stereocenters. The third kappa shape index (κ3) is 9.28. The highest BCUT2D eigenvalue weighted by atomic mass is 79.9. The maximum Gasteiger partial charge on any atom is 0.498 e. The molecule has 0 bridgehead atoms. The molecule has 0 N–H and O–H groups in total. The van der Waals surface area contributed by atoms with Crippen molar-refractivity contribution in [3.63, 3.8) is 0 Å². The maximum atomic E-state index is 14.5. The summed E-state index contributed by atoms with van der Waals surface area (Å²) in [6.07, 6.45) is 13.7. The van der Waals surface area contributed by atoms with Crippen LogP contribution < -0.4 is 5.46 Å². The molecule has 18 nitrogen and oxygen atoms in total. The van der Waals surface area contributed by atoms with E-state index in [0.717, 1.165) is 21.8 Å². The average Bonchev–Trinajstić information content (AvgIpc) is 4.11. The van der Waals surface area contributed by atoms with E-state index in [1.165, 1.54) is 16.8 Å². The van der Waals surface area contributed by atoms with Gasteiger partial charge >= 0.3 is 7.12 Å². The van der Waals surface area contributed by atoms with Crippen LogP contribution in [0.2, 0.25) is 0 Å². The Morgan fingerprint density at radius 2 is 1.20 bits per heavy atom. The number of fused-ring (bicyclic) bond motifs is 4. The standard InChI is InChI=1S/C18H13FN8.C14H8BrFN6.C10H17BN2O2.FH.H2/c1-26-9-13(7-22-26)16-8-21-17-18(23-16)27(25-24-17)10-12-5-11-3-2-4-20-15(11)6-14(12)19;15-12-6-18-13-14(19-12)22(21-20-13)7-9-4-8-2-1-3-17-11(8)5-10(9)16;1-9(2)10(3,4)15-11(14-9)8-6-12-13(5)7-8;;/h2-9H,10H2,1H3;1-6H,7H2;6-7H,1-5H3;2*1H. The molecule has 1 fully saturated rings. The summed E-state index contributed by atoms with van der Waals surface area (Å²) in [4.78, 5) is 25.6. The first-order valence-electron chi connectivity index (χ1n) is 19.9. The SMILES string of the molecule is Cn1cc(-c2cnc3nnn(Cc4cc5cccnc5cc4F)c3n2)cn1.Cn1cc(B2OC(C)(C)C(C)(C)O2)cn1.F.Fc1cc2ncccc2cc1Cn1nnc2ncc(Br)nc21.[HH]. The molecule has 0 aliphatic carbocycles. The third-order valence-corrected chi connectivity index (χ3v) is 11.2. The summed E-state index contributed by atoms with van der Waals surface area (Å²) in [5.74, 6) is -0.681. The minimum Gasteiger partial charge on any atom is -0.399 e. The molecule has 1 aliphatic heterocycles. The number of hydrogen-bond donors (Lipinski definition) is 0. The van der Waals surface area contributed by atoms with Crippen LogP contribution in [0.3, 0.4) is 0 Å². The van der Waals surface area contributed by atoms with Gasteiger partial charge in [0.05, 0.1) is 59.6 Å². The van der Waals surface area contributed by atoms with Gasteiger partial charge in [0.2, 0.25) is 11.3 Å². The second kappa shape index (κ2) is 17.8. The van der Waals surface area contributed by atoms with Gasteiger partial charge in [0.1, 0.15) is 16.2 Å². The Labute approximate surface area is 378 Å². The van der Waals surface area contributed by atoms with Crippen LogP contribution in [0.4, 0.5) is 13.5 Å². The van der Waals surface area contributed by atoms with E-state index in [4.69, 9.17) is 9.31 Å². The van der Waals surface area contributed by atoms with Crippen molar-refractivity contribution < 1.29 is 24.2 Å². The molecule has 0 saturated carbocycles. The zero-order valence-electron chi connectivity index (χ0n) is 35.7. The van der Waals surface area contributed by atoms with Crippen LogP contribution in [0.5, 0.6) is 0 Å². The highest BCUT2D eigenvalue weighted by Gasteiger charge is 2.52. The lowest BCUT2D eigenvalue weighted by molar-refractivity contribution is 0.00578. The van der Waals surface area contributed by atoms with E-state index in [0.29, 0.717) is 55.0 Å². The van der Waals surface area contributed by atoms with Crippen molar-refractivity contribution in [3.05, 3.63) is 125 Å². The van der Waals surface area contributed by atoms with Crippen LogP contribution in [0.15, 0.2) is 103 Å². The highest BCUT2D eigenvalue weighted by molar-refractivity contribution is 9.10. The van der Waals surface area contributed by atoms with Gasteiger partial charge in [-0.15, -0.1) is 10.2 Å². The van der Waals surface area contributed by atoms with Crippen molar-refractivity contribution in [2.45, 2.75) is 52.0 Å². The molecule has 0 radical (unpaired) electrons. The highest BCUT2D eigenvalue weighted by Crippen LogP contribution is 2.36. The predicted molar refractivity (Wildman–Crippen MR) is 241 cm³/mol. The monoisotopic (exact) mass is 948 g/mol. The summed E-state index contributed by atoms with van der Waals surface area (Å²) in [5, 5.41) is 26.0. The molecular formula is C42H41BBrF3N16O2. The summed E-state index contributed by atoms with van der Waals surface area (Å²) in [6, 6.07) is 13.8. The lowest BCUT2D eigenvalue weighted by atomic mass is 9.82. The van der Waals surface area contributed by atoms with Crippen LogP contribution in [0.1, 0.15) is 40.2 Å². The fourth-order valence-electron chi connectivity index (χ4n) is 6.79. The zero-order valence-corrected chi connectivity index (χ0v) is 37.3. The number of pyridine rings is 2. The Hall–Kier alpha value is -7.11. The topological polar surface area (TPSA) is 193 Å². The van der Waals surface area contributed by atoms with Crippen molar-refractivity contribution in [3.8, 4) is 11.3 Å². The quantitative estimate of drug-likeness (QED) is 0.171. The van der Waals surface area contributed by atoms with Crippen molar-refractivity contribution in [2.75, 3.05) is 0 Å². The molecule has 332 valence electrons. The lowest BCUT2D eigenvalue weighted by Crippen LogP contribution is -2.41. The van der Waals surface area contributed by atoms with Crippen LogP contribution in [0.25, 0.3) is 55.7 Å². The Morgan fingerprint density at radius 1 is 0.677 bits per heavy atom. The Balaban J connectivity index is 0.000000151. The van der Waals surface area contributed by atoms with Crippen molar-refractivity contribution in [1.82, 2.24) is 79.5 Å². The van der Waals surface area contributed by atoms with Gasteiger partial charge in [-0.25, -0.2) is 38.1 Å². The van der Waals surface area contributed by atoms with Gasteiger partial charge < -0.3 is 9.31 Å². The minimum atomic E-state index is -0.346. The van der Waals surface area contributed by atoms with Crippen LogP contribution in [-0.4, -0.2) is 97.8 Å². The number of benzene rings is 2. The van der Waals surface area contributed by atoms with Gasteiger partial charge in [-0.2, -0.15) is 10.2 Å². The Bertz CT molecular complexity index is 3310. The van der Waals surface area contributed by atoms with Gasteiger partial charge in [-0.1, -0.05) is 22.6 Å². The van der Waals surface area contributed by atoms with Crippen molar-refractivity contribution in [2.24, 2.45) is 14.1 Å². The summed E-state index contributed by atoms with van der Waals surface area (Å²) in [7, 11) is 3.41. The first-order chi connectivity index (χ1) is 30.7. The van der Waals surface area contributed by atoms with Gasteiger partial charge in [0.15, 0.2) is 11.3 Å². The van der Waals surface area contributed by atoms with E-state index >= 15 is 0 Å². The van der Waals surface area contributed by atoms with E-state index in [9.17, 15) is 8.78 Å². The van der Waals surface area contributed by atoms with E-state index in [-0.39, 0.29) is 49.2 Å². The van der Waals surface area contributed by atoms with Gasteiger partial charge in [0.25, 0.3) is 0 Å². The molecule has 2 aromatic carbocycles. The number of aromatic nitrogens is 16. The van der Waals surface area contributed by atoms with E-state index in [2.05, 4.69) is 76.7 Å². The predicted octanol–water partition coefficient (Wildman–Crippen LogP) is 6.19. The smallest absolute Gasteiger partial charge is 0.399 e. The van der Waals surface area contributed by atoms with Crippen LogP contribution in [0, 0.1) is 11.6 Å². The Kier molecular flexibility index (Phi) is 12.2. The van der Waals surface area contributed by atoms with Gasteiger partial charge in [-0.05, 0) is 67.9 Å². The number of hydrogen-bond acceptors (Lipinski definition) is 14. The molecule has 8 aromatic heterocycles. The van der Waals surface area contributed by atoms with E-state index in [1.807, 2.05) is 78.4 Å². The third-order valence-electron chi connectivity index (χ3n) is 10.9. The van der Waals surface area contributed by atoms with Crippen molar-refractivity contribution in [1.29, 1.82) is 0 Å². The molecule has 0 amide bonds. The van der Waals surface area contributed by atoms with Gasteiger partial charge in [-0.3, -0.25) is 24.0 Å². The first-order valence-corrected chi connectivity index (χ1v) is 20.7. The average molecular weight is 950 g/mol. The largest absolute Gasteiger partial charge is 0.498 e. The number of nitrogens with zero attached hydrogens (tertiary/aromatic N) is 16. The first kappa shape index (κ1) is 44.5. The summed E-state index contributed by atoms with van der Waals surface area (Å²) in [5.41, 5.74) is 5.92. The molecule has 11 rings (SSSR count). The molecule has 10 aromatic rings. The van der Waals surface area contributed by atoms with Gasteiger partial charge in [0, 0.05) is 91.6 Å². The number of rotatable bonds is 6. The second-order valence-corrected chi connectivity index (χ2v) is 16.8. The fourth-order valence-corrected chi connectivity index (χ4v) is 7.06. The molecule has 9 heterocycles. The van der Waals surface area contributed by atoms with Crippen LogP contribution >= 0.6 is 15.9 Å². The molecule has 65 heavy (non-hydrogen) atoms. The number of aryl methyl sites for hydroxylation is 2. The molecule has 23 heteroatoms. The van der Waals surface area contributed by atoms with Crippen molar-refractivity contribution >= 4 is 72.9 Å². The Morgan fingerprint density at radius 3 is 1.72 bits per heavy atom. The normalized spacial score (nSPS) is 14.0. The summed E-state index contributed by atoms with van der Waals surface area (Å²) >= 11 is 3.26. The summed E-state index contributed by atoms with van der Waals surface area (Å²) < 4.78 is 47.6. The summed E-state index contributed by atoms with van der Waals surface area (Å²) in [6.45, 7) is 8.59. The van der Waals surface area contributed by atoms with Crippen LogP contribution in [-0.2, 0) is 36.5 Å². The van der Waals surface area contributed by atoms with E-state index < -0.39 is 0 Å². The fraction of sp³-hybridized carbons (Fsp3) is 0.238. The molecule has 1 aliphatic rings. The minimum absolute atomic E-state index is 0. The molecular weight excluding hydrogens is 908 g/mol. The second-order valence-electron chi connectivity index (χ2n) is 16.0. The maximum absolute atomic E-state index is 14.5. The molecule has 1 saturated heterocycles. The molecule has 0 spiro atoms. The molecule has 0 unspecified atom stereocenters. The number of halogens is 4. The lowest BCUT2D eigenvalue weighted by Gasteiger charge is -2.32. The zero-order chi connectivity index (χ0) is 44.8.